The minimum atomic E-state index is -0.329. The molecule has 1 N–H and O–H groups in total. The maximum absolute atomic E-state index is 13.5. The van der Waals surface area contributed by atoms with Crippen LogP contribution in [-0.4, -0.2) is 26.1 Å². The van der Waals surface area contributed by atoms with Crippen LogP contribution in [0.15, 0.2) is 85.2 Å². The van der Waals surface area contributed by atoms with Crippen LogP contribution >= 0.6 is 0 Å². The summed E-state index contributed by atoms with van der Waals surface area (Å²) in [5, 5.41) is 8.51. The number of amides is 1. The molecule has 0 aliphatic heterocycles. The molecule has 0 atom stereocenters. The van der Waals surface area contributed by atoms with Crippen LogP contribution in [0.3, 0.4) is 0 Å². The minimum Gasteiger partial charge on any atom is -0.275 e. The quantitative estimate of drug-likeness (QED) is 0.414. The Kier molecular flexibility index (Phi) is 4.91. The maximum atomic E-state index is 13.5. The molecule has 1 amide bonds. The topological polar surface area (TPSA) is 74.8 Å². The molecule has 0 aliphatic carbocycles. The van der Waals surface area contributed by atoms with Gasteiger partial charge in [-0.2, -0.15) is 5.10 Å². The molecule has 5 rings (SSSR count). The number of hydrogen-bond acceptors (Lipinski definition) is 4. The van der Waals surface area contributed by atoms with Crippen LogP contribution in [0, 0.1) is 5.82 Å². The molecule has 3 heterocycles. The Morgan fingerprint density at radius 1 is 0.906 bits per heavy atom. The summed E-state index contributed by atoms with van der Waals surface area (Å²) in [5.41, 5.74) is 3.69. The SMILES string of the molecule is CC(=O)N(c1ccc2ccccc2n1)c1n[nH]c(-c2ccc(F)cc2)c1-c1ccncc1. The summed E-state index contributed by atoms with van der Waals surface area (Å²) in [6, 6.07) is 21.2. The van der Waals surface area contributed by atoms with E-state index in [0.29, 0.717) is 22.9 Å². The van der Waals surface area contributed by atoms with Crippen molar-refractivity contribution < 1.29 is 9.18 Å². The van der Waals surface area contributed by atoms with Gasteiger partial charge in [-0.15, -0.1) is 0 Å². The first-order valence-corrected chi connectivity index (χ1v) is 10.0. The van der Waals surface area contributed by atoms with Crippen molar-refractivity contribution in [1.29, 1.82) is 0 Å². The first kappa shape index (κ1) is 19.6. The van der Waals surface area contributed by atoms with Gasteiger partial charge in [0.1, 0.15) is 11.6 Å². The third kappa shape index (κ3) is 3.50. The lowest BCUT2D eigenvalue weighted by Gasteiger charge is -2.20. The molecule has 6 nitrogen and oxygen atoms in total. The van der Waals surface area contributed by atoms with Crippen LogP contribution in [-0.2, 0) is 4.79 Å². The molecule has 0 aliphatic rings. The van der Waals surface area contributed by atoms with Gasteiger partial charge in [0, 0.05) is 30.3 Å². The highest BCUT2D eigenvalue weighted by Crippen LogP contribution is 2.40. The maximum Gasteiger partial charge on any atom is 0.230 e. The number of carbonyl (C=O) groups is 1. The lowest BCUT2D eigenvalue weighted by atomic mass is 10.0. The summed E-state index contributed by atoms with van der Waals surface area (Å²) >= 11 is 0. The summed E-state index contributed by atoms with van der Waals surface area (Å²) < 4.78 is 13.5. The number of nitrogens with zero attached hydrogens (tertiary/aromatic N) is 4. The molecule has 3 aromatic heterocycles. The molecular weight excluding hydrogens is 405 g/mol. The van der Waals surface area contributed by atoms with Crippen molar-refractivity contribution in [2.24, 2.45) is 0 Å². The summed E-state index contributed by atoms with van der Waals surface area (Å²) in [7, 11) is 0. The summed E-state index contributed by atoms with van der Waals surface area (Å²) in [6.07, 6.45) is 3.35. The molecule has 0 radical (unpaired) electrons. The van der Waals surface area contributed by atoms with Crippen LogP contribution in [0.2, 0.25) is 0 Å². The Labute approximate surface area is 183 Å². The Balaban J connectivity index is 1.73. The summed E-state index contributed by atoms with van der Waals surface area (Å²) in [4.78, 5) is 23.1. The van der Waals surface area contributed by atoms with Gasteiger partial charge in [-0.1, -0.05) is 18.2 Å². The molecule has 7 heteroatoms. The van der Waals surface area contributed by atoms with Crippen molar-refractivity contribution in [3.63, 3.8) is 0 Å². The van der Waals surface area contributed by atoms with Crippen LogP contribution in [0.25, 0.3) is 33.3 Å². The number of carbonyl (C=O) groups excluding carboxylic acids is 1. The lowest BCUT2D eigenvalue weighted by Crippen LogP contribution is -2.24. The largest absolute Gasteiger partial charge is 0.275 e. The van der Waals surface area contributed by atoms with Crippen molar-refractivity contribution in [2.45, 2.75) is 6.92 Å². The van der Waals surface area contributed by atoms with Gasteiger partial charge in [0.25, 0.3) is 0 Å². The van der Waals surface area contributed by atoms with E-state index < -0.39 is 0 Å². The number of aromatic nitrogens is 4. The Hall–Kier alpha value is -4.39. The second kappa shape index (κ2) is 8.03. The third-order valence-corrected chi connectivity index (χ3v) is 5.19. The van der Waals surface area contributed by atoms with Crippen LogP contribution < -0.4 is 4.90 Å². The van der Waals surface area contributed by atoms with E-state index in [-0.39, 0.29) is 11.7 Å². The van der Waals surface area contributed by atoms with Crippen molar-refractivity contribution >= 4 is 28.4 Å². The highest BCUT2D eigenvalue weighted by Gasteiger charge is 2.26. The number of halogens is 1. The molecule has 0 spiro atoms. The first-order chi connectivity index (χ1) is 15.6. The van der Waals surface area contributed by atoms with E-state index in [9.17, 15) is 9.18 Å². The van der Waals surface area contributed by atoms with E-state index in [1.165, 1.54) is 24.0 Å². The average molecular weight is 423 g/mol. The number of H-pyrrole nitrogens is 1. The van der Waals surface area contributed by atoms with E-state index >= 15 is 0 Å². The van der Waals surface area contributed by atoms with Gasteiger partial charge in [0.05, 0.1) is 16.8 Å². The Morgan fingerprint density at radius 2 is 1.66 bits per heavy atom. The molecular formula is C25H18FN5O. The average Bonchev–Trinajstić information content (AvgIpc) is 3.24. The molecule has 0 unspecified atom stereocenters. The van der Waals surface area contributed by atoms with E-state index in [1.54, 1.807) is 30.6 Å². The van der Waals surface area contributed by atoms with E-state index in [4.69, 9.17) is 4.98 Å². The Bertz CT molecular complexity index is 1410. The zero-order valence-corrected chi connectivity index (χ0v) is 17.2. The van der Waals surface area contributed by atoms with Crippen molar-refractivity contribution in [3.05, 3.63) is 91.0 Å². The first-order valence-electron chi connectivity index (χ1n) is 10.0. The molecule has 0 saturated heterocycles. The van der Waals surface area contributed by atoms with Crippen molar-refractivity contribution in [2.75, 3.05) is 4.90 Å². The monoisotopic (exact) mass is 423 g/mol. The van der Waals surface area contributed by atoms with Crippen molar-refractivity contribution in [3.8, 4) is 22.4 Å². The second-order valence-electron chi connectivity index (χ2n) is 7.26. The van der Waals surface area contributed by atoms with Gasteiger partial charge in [0.2, 0.25) is 5.91 Å². The number of hydrogen-bond donors (Lipinski definition) is 1. The molecule has 156 valence electrons. The fraction of sp³-hybridized carbons (Fsp3) is 0.0400. The predicted molar refractivity (Wildman–Crippen MR) is 122 cm³/mol. The number of fused-ring (bicyclic) bond motifs is 1. The number of aromatic amines is 1. The van der Waals surface area contributed by atoms with Gasteiger partial charge in [0.15, 0.2) is 5.82 Å². The molecule has 0 fully saturated rings. The fourth-order valence-electron chi connectivity index (χ4n) is 3.71. The predicted octanol–water partition coefficient (Wildman–Crippen LogP) is 5.51. The fourth-order valence-corrected chi connectivity index (χ4v) is 3.71. The normalized spacial score (nSPS) is 10.9. The summed E-state index contributed by atoms with van der Waals surface area (Å²) in [5.74, 6) is 0.305. The van der Waals surface area contributed by atoms with E-state index in [0.717, 1.165) is 22.0 Å². The van der Waals surface area contributed by atoms with Gasteiger partial charge >= 0.3 is 0 Å². The van der Waals surface area contributed by atoms with Gasteiger partial charge in [-0.3, -0.25) is 14.9 Å². The number of para-hydroxylation sites is 1. The number of pyridine rings is 2. The molecule has 32 heavy (non-hydrogen) atoms. The van der Waals surface area contributed by atoms with Gasteiger partial charge < -0.3 is 0 Å². The van der Waals surface area contributed by atoms with Gasteiger partial charge in [-0.25, -0.2) is 14.3 Å². The van der Waals surface area contributed by atoms with E-state index in [2.05, 4.69) is 15.2 Å². The third-order valence-electron chi connectivity index (χ3n) is 5.19. The molecule has 0 bridgehead atoms. The molecule has 0 saturated carbocycles. The smallest absolute Gasteiger partial charge is 0.230 e. The number of nitrogens with one attached hydrogen (secondary N) is 1. The van der Waals surface area contributed by atoms with Crippen LogP contribution in [0.1, 0.15) is 6.92 Å². The number of benzene rings is 2. The number of anilines is 2. The zero-order valence-electron chi connectivity index (χ0n) is 17.2. The molecule has 5 aromatic rings. The van der Waals surface area contributed by atoms with Crippen LogP contribution in [0.5, 0.6) is 0 Å². The minimum absolute atomic E-state index is 0.236. The number of rotatable bonds is 4. The van der Waals surface area contributed by atoms with Crippen molar-refractivity contribution in [1.82, 2.24) is 20.2 Å². The van der Waals surface area contributed by atoms with Crippen LogP contribution in [0.4, 0.5) is 16.0 Å². The van der Waals surface area contributed by atoms with E-state index in [1.807, 2.05) is 42.5 Å². The summed E-state index contributed by atoms with van der Waals surface area (Å²) in [6.45, 7) is 1.47. The zero-order chi connectivity index (χ0) is 22.1. The lowest BCUT2D eigenvalue weighted by molar-refractivity contribution is -0.115. The highest BCUT2D eigenvalue weighted by molar-refractivity contribution is 6.04. The molecule has 2 aromatic carbocycles. The highest BCUT2D eigenvalue weighted by atomic mass is 19.1. The van der Waals surface area contributed by atoms with Gasteiger partial charge in [-0.05, 0) is 60.2 Å². The Morgan fingerprint density at radius 3 is 2.41 bits per heavy atom. The second-order valence-corrected chi connectivity index (χ2v) is 7.26. The standard InChI is InChI=1S/C25H18FN5O/c1-16(32)31(22-11-8-17-4-2-3-5-21(17)28-22)25-23(18-12-14-27-15-13-18)24(29-30-25)19-6-9-20(26)10-7-19/h2-15H,1H3,(H,29,30).